The number of pyridine rings is 1. The number of aromatic nitrogens is 2. The van der Waals surface area contributed by atoms with Crippen molar-refractivity contribution in [1.29, 1.82) is 0 Å². The van der Waals surface area contributed by atoms with Gasteiger partial charge in [-0.15, -0.1) is 0 Å². The van der Waals surface area contributed by atoms with Gasteiger partial charge in [0.25, 0.3) is 0 Å². The summed E-state index contributed by atoms with van der Waals surface area (Å²) in [5.41, 5.74) is -0.229. The number of hydrogen-bond acceptors (Lipinski definition) is 6. The van der Waals surface area contributed by atoms with Gasteiger partial charge in [0, 0.05) is 10.9 Å². The number of alkyl halides is 3. The number of oxazole rings is 1. The molecular weight excluding hydrogens is 376 g/mol. The molecule has 1 aromatic carbocycles. The number of nitrogens with zero attached hydrogens (tertiary/aromatic N) is 2. The van der Waals surface area contributed by atoms with Gasteiger partial charge in [-0.1, -0.05) is 0 Å². The Labute approximate surface area is 159 Å². The van der Waals surface area contributed by atoms with E-state index in [9.17, 15) is 18.0 Å². The number of carbonyl (C=O) groups is 1. The maximum atomic E-state index is 13.1. The zero-order chi connectivity index (χ0) is 20.5. The highest BCUT2D eigenvalue weighted by Gasteiger charge is 2.33. The van der Waals surface area contributed by atoms with Gasteiger partial charge in [-0.05, 0) is 37.5 Å². The van der Waals surface area contributed by atoms with E-state index in [1.807, 2.05) is 0 Å². The van der Waals surface area contributed by atoms with E-state index < -0.39 is 17.8 Å². The minimum Gasteiger partial charge on any atom is -0.494 e. The first-order chi connectivity index (χ1) is 13.3. The molecule has 0 radical (unpaired) electrons. The molecule has 0 saturated carbocycles. The molecule has 0 aliphatic carbocycles. The molecule has 10 heteroatoms. The van der Waals surface area contributed by atoms with E-state index in [0.29, 0.717) is 23.0 Å². The molecule has 146 valence electrons. The van der Waals surface area contributed by atoms with E-state index in [1.165, 1.54) is 19.2 Å². The number of methoxy groups -OCH3 is 1. The van der Waals surface area contributed by atoms with Crippen LogP contribution < -0.4 is 4.74 Å². The first-order valence-electron chi connectivity index (χ1n) is 8.52. The van der Waals surface area contributed by atoms with Crippen LogP contribution in [-0.4, -0.2) is 37.5 Å². The third-order valence-corrected chi connectivity index (χ3v) is 4.05. The number of ether oxygens (including phenoxy) is 2. The van der Waals surface area contributed by atoms with Gasteiger partial charge in [-0.3, -0.25) is 0 Å². The maximum absolute atomic E-state index is 13.1. The SMILES string of the molecule is BCc1nc(-c2ccc(OC)c3nc(C(F)(F)F)ccc23)oc1C(=O)OCC. The lowest BCUT2D eigenvalue weighted by molar-refractivity contribution is -0.140. The fourth-order valence-corrected chi connectivity index (χ4v) is 2.76. The number of fused-ring (bicyclic) bond motifs is 1. The monoisotopic (exact) mass is 392 g/mol. The number of carbonyl (C=O) groups excluding carboxylic acids is 1. The molecule has 2 aromatic heterocycles. The zero-order valence-corrected chi connectivity index (χ0v) is 15.4. The Morgan fingerprint density at radius 2 is 1.96 bits per heavy atom. The molecule has 0 atom stereocenters. The van der Waals surface area contributed by atoms with Gasteiger partial charge in [0.05, 0.1) is 19.4 Å². The van der Waals surface area contributed by atoms with Gasteiger partial charge in [0.15, 0.2) is 0 Å². The average Bonchev–Trinajstić information content (AvgIpc) is 3.10. The van der Waals surface area contributed by atoms with Crippen molar-refractivity contribution in [2.75, 3.05) is 13.7 Å². The van der Waals surface area contributed by atoms with Crippen LogP contribution in [0, 0.1) is 0 Å². The predicted molar refractivity (Wildman–Crippen MR) is 97.0 cm³/mol. The lowest BCUT2D eigenvalue weighted by atomic mass is 10.0. The second kappa shape index (κ2) is 7.53. The summed E-state index contributed by atoms with van der Waals surface area (Å²) in [7, 11) is 3.14. The molecule has 3 rings (SSSR count). The van der Waals surface area contributed by atoms with E-state index in [-0.39, 0.29) is 29.5 Å². The van der Waals surface area contributed by atoms with Crippen LogP contribution in [0.5, 0.6) is 5.75 Å². The number of rotatable bonds is 5. The molecule has 0 bridgehead atoms. The van der Waals surface area contributed by atoms with Crippen LogP contribution in [0.4, 0.5) is 13.2 Å². The Kier molecular flexibility index (Phi) is 5.30. The topological polar surface area (TPSA) is 74.5 Å². The van der Waals surface area contributed by atoms with E-state index in [1.54, 1.807) is 20.8 Å². The van der Waals surface area contributed by atoms with E-state index in [0.717, 1.165) is 6.07 Å². The number of esters is 1. The van der Waals surface area contributed by atoms with E-state index in [2.05, 4.69) is 9.97 Å². The smallest absolute Gasteiger partial charge is 0.433 e. The Hall–Kier alpha value is -3.04. The lowest BCUT2D eigenvalue weighted by Crippen LogP contribution is -2.08. The summed E-state index contributed by atoms with van der Waals surface area (Å²) in [6, 6.07) is 5.23. The quantitative estimate of drug-likeness (QED) is 0.491. The van der Waals surface area contributed by atoms with Gasteiger partial charge in [0.2, 0.25) is 11.7 Å². The first kappa shape index (κ1) is 19.7. The van der Waals surface area contributed by atoms with Crippen molar-refractivity contribution in [3.8, 4) is 17.2 Å². The van der Waals surface area contributed by atoms with Crippen LogP contribution in [0.1, 0.15) is 28.9 Å². The molecule has 0 unspecified atom stereocenters. The number of hydrogen-bond donors (Lipinski definition) is 0. The molecular formula is C18H16BF3N2O4. The third kappa shape index (κ3) is 3.54. The molecule has 0 fully saturated rings. The summed E-state index contributed by atoms with van der Waals surface area (Å²) in [6.07, 6.45) is -4.17. The highest BCUT2D eigenvalue weighted by molar-refractivity contribution is 6.09. The molecule has 0 saturated heterocycles. The second-order valence-corrected chi connectivity index (χ2v) is 5.77. The Morgan fingerprint density at radius 1 is 1.21 bits per heavy atom. The Bertz CT molecular complexity index is 1030. The molecule has 6 nitrogen and oxygen atoms in total. The van der Waals surface area contributed by atoms with Crippen LogP contribution >= 0.6 is 0 Å². The fourth-order valence-electron chi connectivity index (χ4n) is 2.76. The molecule has 0 N–H and O–H groups in total. The summed E-state index contributed by atoms with van der Waals surface area (Å²) in [4.78, 5) is 20.1. The molecule has 28 heavy (non-hydrogen) atoms. The zero-order valence-electron chi connectivity index (χ0n) is 15.4. The predicted octanol–water partition coefficient (Wildman–Crippen LogP) is 3.23. The molecule has 0 aliphatic rings. The van der Waals surface area contributed by atoms with Crippen molar-refractivity contribution in [3.05, 3.63) is 41.4 Å². The highest BCUT2D eigenvalue weighted by Crippen LogP contribution is 2.37. The van der Waals surface area contributed by atoms with Gasteiger partial charge < -0.3 is 13.9 Å². The Balaban J connectivity index is 2.20. The van der Waals surface area contributed by atoms with E-state index >= 15 is 0 Å². The summed E-state index contributed by atoms with van der Waals surface area (Å²) < 4.78 is 54.9. The number of benzene rings is 1. The maximum Gasteiger partial charge on any atom is 0.433 e. The molecule has 2 heterocycles. The van der Waals surface area contributed by atoms with Crippen molar-refractivity contribution in [3.63, 3.8) is 0 Å². The second-order valence-electron chi connectivity index (χ2n) is 5.77. The van der Waals surface area contributed by atoms with Crippen LogP contribution in [0.15, 0.2) is 28.7 Å². The van der Waals surface area contributed by atoms with Crippen molar-refractivity contribution < 1.29 is 31.9 Å². The summed E-state index contributed by atoms with van der Waals surface area (Å²) in [6.45, 7) is 1.84. The van der Waals surface area contributed by atoms with Crippen molar-refractivity contribution in [2.45, 2.75) is 19.4 Å². The van der Waals surface area contributed by atoms with Gasteiger partial charge in [-0.25, -0.2) is 14.8 Å². The van der Waals surface area contributed by atoms with Crippen molar-refractivity contribution >= 4 is 24.7 Å². The standard InChI is InChI=1S/C18H16BF3N2O4/c1-3-27-17(25)15-11(8-19)23-16(28-15)10-4-6-12(26-2)14-9(10)5-7-13(24-14)18(20,21)22/h4-7H,3,8,19H2,1-2H3. The van der Waals surface area contributed by atoms with Crippen LogP contribution in [0.3, 0.4) is 0 Å². The van der Waals surface area contributed by atoms with Gasteiger partial charge in [-0.2, -0.15) is 13.2 Å². The third-order valence-electron chi connectivity index (χ3n) is 4.05. The first-order valence-corrected chi connectivity index (χ1v) is 8.52. The van der Waals surface area contributed by atoms with Crippen molar-refractivity contribution in [1.82, 2.24) is 9.97 Å². The minimum atomic E-state index is -4.59. The largest absolute Gasteiger partial charge is 0.494 e. The van der Waals surface area contributed by atoms with Crippen LogP contribution in [0.2, 0.25) is 0 Å². The average molecular weight is 392 g/mol. The summed E-state index contributed by atoms with van der Waals surface area (Å²) in [5, 5.41) is 0.353. The summed E-state index contributed by atoms with van der Waals surface area (Å²) >= 11 is 0. The molecule has 0 spiro atoms. The molecule has 0 aliphatic heterocycles. The molecule has 0 amide bonds. The summed E-state index contributed by atoms with van der Waals surface area (Å²) in [5.74, 6) is -0.400. The Morgan fingerprint density at radius 3 is 2.57 bits per heavy atom. The van der Waals surface area contributed by atoms with E-state index in [4.69, 9.17) is 13.9 Å². The van der Waals surface area contributed by atoms with Crippen molar-refractivity contribution in [2.24, 2.45) is 0 Å². The van der Waals surface area contributed by atoms with Crippen LogP contribution in [0.25, 0.3) is 22.4 Å². The van der Waals surface area contributed by atoms with Gasteiger partial charge in [0.1, 0.15) is 24.8 Å². The lowest BCUT2D eigenvalue weighted by Gasteiger charge is -2.11. The van der Waals surface area contributed by atoms with Crippen LogP contribution in [-0.2, 0) is 17.2 Å². The van der Waals surface area contributed by atoms with Gasteiger partial charge >= 0.3 is 12.1 Å². The number of halogens is 3. The minimum absolute atomic E-state index is 0.0174. The normalized spacial score (nSPS) is 11.6. The molecule has 3 aromatic rings. The highest BCUT2D eigenvalue weighted by atomic mass is 19.4. The fraction of sp³-hybridized carbons (Fsp3) is 0.278.